The predicted octanol–water partition coefficient (Wildman–Crippen LogP) is 4.27. The van der Waals surface area contributed by atoms with E-state index in [1.807, 2.05) is 6.07 Å². The Bertz CT molecular complexity index is 682. The van der Waals surface area contributed by atoms with Crippen LogP contribution in [0.15, 0.2) is 36.4 Å². The second kappa shape index (κ2) is 5.17. The maximum absolute atomic E-state index is 11.3. The van der Waals surface area contributed by atoms with Crippen molar-refractivity contribution in [3.8, 4) is 0 Å². The number of aryl methyl sites for hydroxylation is 2. The third-order valence-electron chi connectivity index (χ3n) is 3.59. The minimum absolute atomic E-state index is 0.179. The number of fused-ring (bicyclic) bond motifs is 1. The number of anilines is 2. The molecule has 0 aliphatic heterocycles. The summed E-state index contributed by atoms with van der Waals surface area (Å²) in [4.78, 5) is 11.3. The van der Waals surface area contributed by atoms with E-state index in [4.69, 9.17) is 11.6 Å². The summed E-state index contributed by atoms with van der Waals surface area (Å²) in [6.45, 7) is 0. The number of hydrogen-bond donors (Lipinski definition) is 2. The zero-order chi connectivity index (χ0) is 14.1. The van der Waals surface area contributed by atoms with Crippen LogP contribution >= 0.6 is 11.6 Å². The van der Waals surface area contributed by atoms with Gasteiger partial charge >= 0.3 is 5.97 Å². The maximum atomic E-state index is 11.3. The Balaban J connectivity index is 1.93. The number of carboxylic acid groups (broad SMARTS) is 1. The second-order valence-electron chi connectivity index (χ2n) is 4.96. The van der Waals surface area contributed by atoms with Gasteiger partial charge in [-0.05, 0) is 60.7 Å². The van der Waals surface area contributed by atoms with Crippen molar-refractivity contribution in [2.24, 2.45) is 0 Å². The fourth-order valence-electron chi connectivity index (χ4n) is 2.61. The third-order valence-corrected chi connectivity index (χ3v) is 3.82. The molecule has 0 fully saturated rings. The molecule has 0 saturated carbocycles. The van der Waals surface area contributed by atoms with Gasteiger partial charge < -0.3 is 10.4 Å². The summed E-state index contributed by atoms with van der Waals surface area (Å²) in [6, 6.07) is 11.0. The van der Waals surface area contributed by atoms with E-state index in [9.17, 15) is 9.90 Å². The summed E-state index contributed by atoms with van der Waals surface area (Å²) in [5.41, 5.74) is 4.39. The van der Waals surface area contributed by atoms with Crippen LogP contribution in [-0.2, 0) is 12.8 Å². The van der Waals surface area contributed by atoms with E-state index in [1.54, 1.807) is 12.1 Å². The minimum atomic E-state index is -0.990. The number of halogens is 1. The van der Waals surface area contributed by atoms with Crippen molar-refractivity contribution in [1.82, 2.24) is 0 Å². The van der Waals surface area contributed by atoms with Crippen LogP contribution in [0, 0.1) is 0 Å². The summed E-state index contributed by atoms with van der Waals surface area (Å²) < 4.78 is 0. The van der Waals surface area contributed by atoms with Crippen molar-refractivity contribution < 1.29 is 9.90 Å². The summed E-state index contributed by atoms with van der Waals surface area (Å²) in [5, 5.41) is 12.8. The highest BCUT2D eigenvalue weighted by Crippen LogP contribution is 2.28. The van der Waals surface area contributed by atoms with Crippen molar-refractivity contribution in [2.45, 2.75) is 19.3 Å². The molecule has 1 aliphatic carbocycles. The largest absolute Gasteiger partial charge is 0.478 e. The van der Waals surface area contributed by atoms with Gasteiger partial charge in [0, 0.05) is 10.7 Å². The van der Waals surface area contributed by atoms with Gasteiger partial charge in [-0.1, -0.05) is 17.7 Å². The van der Waals surface area contributed by atoms with E-state index in [0.717, 1.165) is 18.5 Å². The molecule has 20 heavy (non-hydrogen) atoms. The van der Waals surface area contributed by atoms with Gasteiger partial charge in [-0.2, -0.15) is 0 Å². The van der Waals surface area contributed by atoms with E-state index in [1.165, 1.54) is 23.6 Å². The van der Waals surface area contributed by atoms with Gasteiger partial charge in [0.2, 0.25) is 0 Å². The summed E-state index contributed by atoms with van der Waals surface area (Å²) in [5.74, 6) is -0.990. The van der Waals surface area contributed by atoms with E-state index in [-0.39, 0.29) is 5.56 Å². The molecule has 0 unspecified atom stereocenters. The molecular formula is C16H14ClNO2. The van der Waals surface area contributed by atoms with Crippen molar-refractivity contribution in [3.63, 3.8) is 0 Å². The summed E-state index contributed by atoms with van der Waals surface area (Å²) in [7, 11) is 0. The van der Waals surface area contributed by atoms with Crippen LogP contribution in [-0.4, -0.2) is 11.1 Å². The Morgan fingerprint density at radius 2 is 1.90 bits per heavy atom. The molecule has 0 spiro atoms. The highest BCUT2D eigenvalue weighted by atomic mass is 35.5. The number of nitrogens with one attached hydrogen (secondary N) is 1. The lowest BCUT2D eigenvalue weighted by Crippen LogP contribution is -2.03. The Hall–Kier alpha value is -2.00. The average molecular weight is 288 g/mol. The monoisotopic (exact) mass is 287 g/mol. The first-order chi connectivity index (χ1) is 9.63. The molecule has 3 nitrogen and oxygen atoms in total. The van der Waals surface area contributed by atoms with Crippen molar-refractivity contribution in [2.75, 3.05) is 5.32 Å². The minimum Gasteiger partial charge on any atom is -0.478 e. The van der Waals surface area contributed by atoms with Crippen LogP contribution in [0.1, 0.15) is 27.9 Å². The molecule has 0 aromatic heterocycles. The molecule has 0 saturated heterocycles. The fraction of sp³-hybridized carbons (Fsp3) is 0.188. The standard InChI is InChI=1S/C16H14ClNO2/c17-12-5-7-15(14(9-12)16(19)20)18-13-6-4-10-2-1-3-11(10)8-13/h4-9,18H,1-3H2,(H,19,20). The molecule has 102 valence electrons. The molecule has 2 aromatic rings. The lowest BCUT2D eigenvalue weighted by Gasteiger charge is -2.11. The molecule has 0 heterocycles. The normalized spacial score (nSPS) is 13.1. The smallest absolute Gasteiger partial charge is 0.337 e. The van der Waals surface area contributed by atoms with Gasteiger partial charge in [-0.25, -0.2) is 4.79 Å². The molecular weight excluding hydrogens is 274 g/mol. The van der Waals surface area contributed by atoms with Gasteiger partial charge in [-0.3, -0.25) is 0 Å². The lowest BCUT2D eigenvalue weighted by molar-refractivity contribution is 0.0698. The number of hydrogen-bond acceptors (Lipinski definition) is 2. The van der Waals surface area contributed by atoms with Gasteiger partial charge in [0.25, 0.3) is 0 Å². The van der Waals surface area contributed by atoms with Gasteiger partial charge in [0.15, 0.2) is 0 Å². The topological polar surface area (TPSA) is 49.3 Å². The highest BCUT2D eigenvalue weighted by molar-refractivity contribution is 6.31. The molecule has 2 aromatic carbocycles. The quantitative estimate of drug-likeness (QED) is 0.886. The first kappa shape index (κ1) is 13.0. The first-order valence-corrected chi connectivity index (χ1v) is 6.93. The number of aromatic carboxylic acids is 1. The van der Waals surface area contributed by atoms with E-state index < -0.39 is 5.97 Å². The fourth-order valence-corrected chi connectivity index (χ4v) is 2.78. The number of carbonyl (C=O) groups is 1. The van der Waals surface area contributed by atoms with Crippen molar-refractivity contribution in [3.05, 3.63) is 58.1 Å². The molecule has 0 radical (unpaired) electrons. The Kier molecular flexibility index (Phi) is 3.36. The number of benzene rings is 2. The molecule has 3 rings (SSSR count). The molecule has 4 heteroatoms. The molecule has 0 bridgehead atoms. The van der Waals surface area contributed by atoms with E-state index >= 15 is 0 Å². The zero-order valence-electron chi connectivity index (χ0n) is 10.8. The molecule has 0 amide bonds. The highest BCUT2D eigenvalue weighted by Gasteiger charge is 2.13. The van der Waals surface area contributed by atoms with Crippen LogP contribution in [0.4, 0.5) is 11.4 Å². The Morgan fingerprint density at radius 1 is 1.10 bits per heavy atom. The summed E-state index contributed by atoms with van der Waals surface area (Å²) in [6.07, 6.45) is 3.42. The van der Waals surface area contributed by atoms with Crippen molar-refractivity contribution >= 4 is 28.9 Å². The van der Waals surface area contributed by atoms with Crippen molar-refractivity contribution in [1.29, 1.82) is 0 Å². The van der Waals surface area contributed by atoms with Crippen LogP contribution in [0.3, 0.4) is 0 Å². The zero-order valence-corrected chi connectivity index (χ0v) is 11.6. The van der Waals surface area contributed by atoms with Crippen LogP contribution in [0.5, 0.6) is 0 Å². The third kappa shape index (κ3) is 2.49. The maximum Gasteiger partial charge on any atom is 0.337 e. The lowest BCUT2D eigenvalue weighted by atomic mass is 10.1. The van der Waals surface area contributed by atoms with Gasteiger partial charge in [-0.15, -0.1) is 0 Å². The van der Waals surface area contributed by atoms with Gasteiger partial charge in [0.1, 0.15) is 0 Å². The molecule has 2 N–H and O–H groups in total. The first-order valence-electron chi connectivity index (χ1n) is 6.55. The van der Waals surface area contributed by atoms with Crippen LogP contribution in [0.25, 0.3) is 0 Å². The Morgan fingerprint density at radius 3 is 2.70 bits per heavy atom. The number of rotatable bonds is 3. The summed E-state index contributed by atoms with van der Waals surface area (Å²) >= 11 is 5.85. The van der Waals surface area contributed by atoms with Crippen LogP contribution in [0.2, 0.25) is 5.02 Å². The molecule has 0 atom stereocenters. The predicted molar refractivity (Wildman–Crippen MR) is 80.2 cm³/mol. The van der Waals surface area contributed by atoms with E-state index in [2.05, 4.69) is 17.4 Å². The van der Waals surface area contributed by atoms with Crippen LogP contribution < -0.4 is 5.32 Å². The second-order valence-corrected chi connectivity index (χ2v) is 5.39. The SMILES string of the molecule is O=C(O)c1cc(Cl)ccc1Nc1ccc2c(c1)CCC2. The molecule has 1 aliphatic rings. The Labute approximate surface area is 122 Å². The van der Waals surface area contributed by atoms with Gasteiger partial charge in [0.05, 0.1) is 11.3 Å². The van der Waals surface area contributed by atoms with E-state index in [0.29, 0.717) is 10.7 Å². The number of carboxylic acids is 1. The average Bonchev–Trinajstić information content (AvgIpc) is 2.88.